The van der Waals surface area contributed by atoms with Crippen LogP contribution in [0.4, 0.5) is 0 Å². The van der Waals surface area contributed by atoms with Crippen molar-refractivity contribution in [2.75, 3.05) is 0 Å². The van der Waals surface area contributed by atoms with Crippen molar-refractivity contribution in [3.63, 3.8) is 0 Å². The maximum Gasteiger partial charge on any atom is 0.335 e. The Kier molecular flexibility index (Phi) is 5.48. The normalized spacial score (nSPS) is 9.16. The van der Waals surface area contributed by atoms with Gasteiger partial charge in [0.15, 0.2) is 0 Å². The number of carbonyl (C=O) groups is 2. The van der Waals surface area contributed by atoms with Crippen LogP contribution in [0.15, 0.2) is 48.5 Å². The molecule has 3 heteroatoms. The molecule has 98 valence electrons. The molecule has 0 spiro atoms. The molecule has 0 unspecified atom stereocenters. The Labute approximate surface area is 112 Å². The Morgan fingerprint density at radius 2 is 1.32 bits per heavy atom. The number of benzene rings is 2. The monoisotopic (exact) mass is 256 g/mol. The fourth-order valence-corrected chi connectivity index (χ4v) is 1.34. The van der Waals surface area contributed by atoms with E-state index in [9.17, 15) is 9.59 Å². The van der Waals surface area contributed by atoms with E-state index in [0.717, 1.165) is 17.4 Å². The second kappa shape index (κ2) is 7.11. The smallest absolute Gasteiger partial charge is 0.335 e. The van der Waals surface area contributed by atoms with Crippen LogP contribution in [0, 0.1) is 13.8 Å². The van der Waals surface area contributed by atoms with Crippen LogP contribution in [0.25, 0.3) is 0 Å². The largest absolute Gasteiger partial charge is 0.478 e. The molecule has 1 N–H and O–H groups in total. The molecule has 19 heavy (non-hydrogen) atoms. The first-order valence-electron chi connectivity index (χ1n) is 5.84. The molecule has 2 aromatic rings. The highest BCUT2D eigenvalue weighted by molar-refractivity contribution is 5.87. The van der Waals surface area contributed by atoms with Crippen LogP contribution in [0.2, 0.25) is 0 Å². The molecule has 0 amide bonds. The van der Waals surface area contributed by atoms with Crippen molar-refractivity contribution in [1.29, 1.82) is 0 Å². The van der Waals surface area contributed by atoms with Gasteiger partial charge in [-0.05, 0) is 26.0 Å². The summed E-state index contributed by atoms with van der Waals surface area (Å²) in [5.41, 5.74) is 3.33. The van der Waals surface area contributed by atoms with E-state index in [2.05, 4.69) is 0 Å². The van der Waals surface area contributed by atoms with E-state index < -0.39 is 5.97 Å². The van der Waals surface area contributed by atoms with Gasteiger partial charge in [-0.25, -0.2) is 4.79 Å². The van der Waals surface area contributed by atoms with Crippen LogP contribution < -0.4 is 0 Å². The topological polar surface area (TPSA) is 54.4 Å². The summed E-state index contributed by atoms with van der Waals surface area (Å²) in [6.45, 7) is 3.92. The standard InChI is InChI=1S/C8H8O2.C8H8O/c1-6-2-4-7(5-3-6)8(9)10;1-7-2-4-8(6-9)5-3-7/h2-5H,1H3,(H,9,10);2-6H,1H3. The first kappa shape index (κ1) is 14.6. The fraction of sp³-hybridized carbons (Fsp3) is 0.125. The van der Waals surface area contributed by atoms with Gasteiger partial charge in [0.25, 0.3) is 0 Å². The zero-order valence-electron chi connectivity index (χ0n) is 11.0. The fourth-order valence-electron chi connectivity index (χ4n) is 1.34. The quantitative estimate of drug-likeness (QED) is 0.837. The Morgan fingerprint density at radius 3 is 1.68 bits per heavy atom. The molecule has 2 aromatic carbocycles. The predicted octanol–water partition coefficient (Wildman–Crippen LogP) is 3.50. The third-order valence-electron chi connectivity index (χ3n) is 2.51. The van der Waals surface area contributed by atoms with Gasteiger partial charge < -0.3 is 5.11 Å². The number of carboxylic acid groups (broad SMARTS) is 1. The summed E-state index contributed by atoms with van der Waals surface area (Å²) in [7, 11) is 0. The molecular weight excluding hydrogens is 240 g/mol. The zero-order valence-corrected chi connectivity index (χ0v) is 11.0. The van der Waals surface area contributed by atoms with Gasteiger partial charge in [-0.3, -0.25) is 4.79 Å². The number of rotatable bonds is 2. The number of carbonyl (C=O) groups excluding carboxylic acids is 1. The Hall–Kier alpha value is -2.42. The lowest BCUT2D eigenvalue weighted by Gasteiger charge is -1.92. The average molecular weight is 256 g/mol. The van der Waals surface area contributed by atoms with E-state index in [4.69, 9.17) is 5.11 Å². The van der Waals surface area contributed by atoms with Crippen LogP contribution in [0.1, 0.15) is 31.8 Å². The van der Waals surface area contributed by atoms with Gasteiger partial charge in [-0.2, -0.15) is 0 Å². The Bertz CT molecular complexity index is 539. The predicted molar refractivity (Wildman–Crippen MR) is 74.7 cm³/mol. The molecule has 0 aliphatic rings. The number of hydrogen-bond donors (Lipinski definition) is 1. The van der Waals surface area contributed by atoms with Gasteiger partial charge in [-0.1, -0.05) is 47.5 Å². The first-order chi connectivity index (χ1) is 9.02. The highest BCUT2D eigenvalue weighted by Gasteiger charge is 1.98. The number of carboxylic acids is 1. The van der Waals surface area contributed by atoms with Crippen molar-refractivity contribution in [3.8, 4) is 0 Å². The molecule has 0 aromatic heterocycles. The molecule has 0 saturated heterocycles. The van der Waals surface area contributed by atoms with E-state index >= 15 is 0 Å². The van der Waals surface area contributed by atoms with E-state index in [-0.39, 0.29) is 0 Å². The van der Waals surface area contributed by atoms with Crippen LogP contribution in [0.3, 0.4) is 0 Å². The van der Waals surface area contributed by atoms with Crippen molar-refractivity contribution in [1.82, 2.24) is 0 Å². The van der Waals surface area contributed by atoms with Gasteiger partial charge in [0.1, 0.15) is 6.29 Å². The molecule has 0 bridgehead atoms. The summed E-state index contributed by atoms with van der Waals surface area (Å²) in [5, 5.41) is 8.48. The summed E-state index contributed by atoms with van der Waals surface area (Å²) >= 11 is 0. The zero-order chi connectivity index (χ0) is 14.3. The van der Waals surface area contributed by atoms with Crippen LogP contribution >= 0.6 is 0 Å². The van der Waals surface area contributed by atoms with Gasteiger partial charge in [0.2, 0.25) is 0 Å². The highest BCUT2D eigenvalue weighted by Crippen LogP contribution is 2.01. The highest BCUT2D eigenvalue weighted by atomic mass is 16.4. The van der Waals surface area contributed by atoms with Crippen molar-refractivity contribution in [2.24, 2.45) is 0 Å². The number of aryl methyl sites for hydroxylation is 2. The van der Waals surface area contributed by atoms with Gasteiger partial charge in [-0.15, -0.1) is 0 Å². The first-order valence-corrected chi connectivity index (χ1v) is 5.84. The summed E-state index contributed by atoms with van der Waals surface area (Å²) in [6.07, 6.45) is 0.847. The van der Waals surface area contributed by atoms with Crippen molar-refractivity contribution in [3.05, 3.63) is 70.8 Å². The van der Waals surface area contributed by atoms with Crippen molar-refractivity contribution < 1.29 is 14.7 Å². The molecule has 0 saturated carbocycles. The molecule has 0 aliphatic heterocycles. The minimum absolute atomic E-state index is 0.339. The molecule has 2 rings (SSSR count). The summed E-state index contributed by atoms with van der Waals surface area (Å²) < 4.78 is 0. The molecule has 0 heterocycles. The van der Waals surface area contributed by atoms with Gasteiger partial charge in [0, 0.05) is 5.56 Å². The summed E-state index contributed by atoms with van der Waals surface area (Å²) in [5.74, 6) is -0.875. The van der Waals surface area contributed by atoms with E-state index in [1.165, 1.54) is 5.56 Å². The maximum absolute atomic E-state index is 10.3. The molecule has 0 radical (unpaired) electrons. The third-order valence-corrected chi connectivity index (χ3v) is 2.51. The van der Waals surface area contributed by atoms with E-state index in [1.807, 2.05) is 38.1 Å². The van der Waals surface area contributed by atoms with Gasteiger partial charge in [0.05, 0.1) is 5.56 Å². The second-order valence-electron chi connectivity index (χ2n) is 4.20. The van der Waals surface area contributed by atoms with Crippen molar-refractivity contribution >= 4 is 12.3 Å². The second-order valence-corrected chi connectivity index (χ2v) is 4.20. The number of aromatic carboxylic acids is 1. The summed E-state index contributed by atoms with van der Waals surface area (Å²) in [4.78, 5) is 20.4. The summed E-state index contributed by atoms with van der Waals surface area (Å²) in [6, 6.07) is 14.2. The lowest BCUT2D eigenvalue weighted by atomic mass is 10.2. The van der Waals surface area contributed by atoms with Crippen LogP contribution in [0.5, 0.6) is 0 Å². The molecule has 0 fully saturated rings. The average Bonchev–Trinajstić information content (AvgIpc) is 2.41. The van der Waals surface area contributed by atoms with Gasteiger partial charge >= 0.3 is 5.97 Å². The van der Waals surface area contributed by atoms with Crippen LogP contribution in [-0.4, -0.2) is 17.4 Å². The minimum atomic E-state index is -0.875. The third kappa shape index (κ3) is 5.17. The van der Waals surface area contributed by atoms with E-state index in [1.54, 1.807) is 24.3 Å². The lowest BCUT2D eigenvalue weighted by Crippen LogP contribution is -1.94. The molecule has 0 atom stereocenters. The SMILES string of the molecule is Cc1ccc(C(=O)O)cc1.Cc1ccc(C=O)cc1. The van der Waals surface area contributed by atoms with Crippen LogP contribution in [-0.2, 0) is 0 Å². The molecular formula is C16H16O3. The number of aldehydes is 1. The Balaban J connectivity index is 0.000000191. The number of hydrogen-bond acceptors (Lipinski definition) is 2. The minimum Gasteiger partial charge on any atom is -0.478 e. The van der Waals surface area contributed by atoms with Crippen molar-refractivity contribution in [2.45, 2.75) is 13.8 Å². The lowest BCUT2D eigenvalue weighted by molar-refractivity contribution is 0.0696. The van der Waals surface area contributed by atoms with E-state index in [0.29, 0.717) is 5.56 Å². The molecule has 3 nitrogen and oxygen atoms in total. The molecule has 0 aliphatic carbocycles. The Morgan fingerprint density at radius 1 is 0.895 bits per heavy atom. The maximum atomic E-state index is 10.3.